The van der Waals surface area contributed by atoms with E-state index in [4.69, 9.17) is 10.2 Å². The third kappa shape index (κ3) is 47.0. The van der Waals surface area contributed by atoms with Gasteiger partial charge in [0.2, 0.25) is 17.7 Å². The Hall–Kier alpha value is -2.99. The molecule has 0 bridgehead atoms. The molecule has 1 fully saturated rings. The summed E-state index contributed by atoms with van der Waals surface area (Å²) >= 11 is 0. The first-order valence-corrected chi connectivity index (χ1v) is 19.5. The van der Waals surface area contributed by atoms with Gasteiger partial charge >= 0.3 is 11.9 Å². The number of nitrogens with zero attached hydrogens (tertiary/aromatic N) is 2. The highest BCUT2D eigenvalue weighted by Gasteiger charge is 2.24. The zero-order chi connectivity index (χ0) is 40.5. The van der Waals surface area contributed by atoms with Gasteiger partial charge in [0.1, 0.15) is 0 Å². The molecule has 0 heterocycles. The van der Waals surface area contributed by atoms with Gasteiger partial charge in [0, 0.05) is 39.0 Å². The van der Waals surface area contributed by atoms with E-state index in [1.54, 1.807) is 7.05 Å². The van der Waals surface area contributed by atoms with Crippen LogP contribution in [0.5, 0.6) is 0 Å². The van der Waals surface area contributed by atoms with Crippen molar-refractivity contribution in [1.82, 2.24) is 25.8 Å². The predicted octanol–water partition coefficient (Wildman–Crippen LogP) is 6.59. The maximum atomic E-state index is 11.8. The third-order valence-electron chi connectivity index (χ3n) is 7.00. The highest BCUT2D eigenvalue weighted by atomic mass is 16.4. The lowest BCUT2D eigenvalue weighted by molar-refractivity contribution is -0.139. The van der Waals surface area contributed by atoms with Gasteiger partial charge in [-0.2, -0.15) is 0 Å². The Morgan fingerprint density at radius 3 is 1.47 bits per heavy atom. The molecule has 0 saturated heterocycles. The fourth-order valence-corrected chi connectivity index (χ4v) is 4.30. The molecule has 51 heavy (non-hydrogen) atoms. The predicted molar refractivity (Wildman–Crippen MR) is 213 cm³/mol. The Morgan fingerprint density at radius 2 is 1.14 bits per heavy atom. The fraction of sp³-hybridized carbons (Fsp3) is 0.821. The van der Waals surface area contributed by atoms with Gasteiger partial charge in [0.15, 0.2) is 0 Å². The SMILES string of the molecule is C/C=C\C.CC.CCC.CCCC(=O)O.CCCN(CCN(CCC)CC(=O)NC)CC(=O)O.CCCNC(=O)CNC(=O)C1CCC(C)CC1. The van der Waals surface area contributed by atoms with Crippen molar-refractivity contribution in [1.29, 1.82) is 0 Å². The summed E-state index contributed by atoms with van der Waals surface area (Å²) in [7, 11) is 1.63. The van der Waals surface area contributed by atoms with Gasteiger partial charge in [-0.3, -0.25) is 33.8 Å². The van der Waals surface area contributed by atoms with Gasteiger partial charge in [0.05, 0.1) is 19.6 Å². The molecule has 1 saturated carbocycles. The Bertz CT molecular complexity index is 844. The molecule has 0 aromatic rings. The molecule has 1 aliphatic carbocycles. The van der Waals surface area contributed by atoms with Crippen LogP contribution in [-0.4, -0.2) is 109 Å². The third-order valence-corrected chi connectivity index (χ3v) is 7.00. The molecule has 304 valence electrons. The molecule has 1 aliphatic rings. The molecule has 0 aliphatic heterocycles. The first kappa shape index (κ1) is 57.4. The zero-order valence-corrected chi connectivity index (χ0v) is 34.9. The molecule has 0 unspecified atom stereocenters. The van der Waals surface area contributed by atoms with Crippen LogP contribution in [0.2, 0.25) is 0 Å². The number of allylic oxidation sites excluding steroid dienone is 2. The summed E-state index contributed by atoms with van der Waals surface area (Å²) in [4.78, 5) is 58.8. The second kappa shape index (κ2) is 45.0. The van der Waals surface area contributed by atoms with E-state index in [-0.39, 0.29) is 36.7 Å². The molecule has 3 amide bonds. The van der Waals surface area contributed by atoms with E-state index in [0.717, 1.165) is 70.4 Å². The highest BCUT2D eigenvalue weighted by molar-refractivity contribution is 5.85. The number of nitrogens with one attached hydrogen (secondary N) is 3. The smallest absolute Gasteiger partial charge is 0.317 e. The molecular weight excluding hydrogens is 650 g/mol. The van der Waals surface area contributed by atoms with Crippen LogP contribution in [0.4, 0.5) is 0 Å². The minimum Gasteiger partial charge on any atom is -0.481 e. The number of rotatable bonds is 18. The summed E-state index contributed by atoms with van der Waals surface area (Å²) in [6.45, 7) is 26.7. The van der Waals surface area contributed by atoms with Gasteiger partial charge < -0.3 is 26.2 Å². The van der Waals surface area contributed by atoms with E-state index in [2.05, 4.69) is 48.5 Å². The molecule has 5 N–H and O–H groups in total. The Balaban J connectivity index is -0.000000199. The maximum absolute atomic E-state index is 11.8. The first-order chi connectivity index (χ1) is 24.3. The highest BCUT2D eigenvalue weighted by Crippen LogP contribution is 2.28. The number of hydrogen-bond donors (Lipinski definition) is 5. The first-order valence-electron chi connectivity index (χ1n) is 19.5. The van der Waals surface area contributed by atoms with Gasteiger partial charge in [-0.25, -0.2) is 0 Å². The van der Waals surface area contributed by atoms with Crippen molar-refractivity contribution >= 4 is 29.7 Å². The molecule has 12 nitrogen and oxygen atoms in total. The minimum atomic E-state index is -0.804. The lowest BCUT2D eigenvalue weighted by Crippen LogP contribution is -2.42. The van der Waals surface area contributed by atoms with Crippen LogP contribution in [0, 0.1) is 11.8 Å². The number of amides is 3. The number of carboxylic acids is 2. The lowest BCUT2D eigenvalue weighted by Gasteiger charge is -2.25. The Kier molecular flexibility index (Phi) is 50.6. The van der Waals surface area contributed by atoms with Crippen LogP contribution in [0.1, 0.15) is 140 Å². The Labute approximate surface area is 313 Å². The van der Waals surface area contributed by atoms with Crippen molar-refractivity contribution in [3.8, 4) is 0 Å². The summed E-state index contributed by atoms with van der Waals surface area (Å²) in [5, 5.41) is 24.8. The van der Waals surface area contributed by atoms with Crippen LogP contribution in [0.3, 0.4) is 0 Å². The van der Waals surface area contributed by atoms with E-state index in [1.807, 2.05) is 65.5 Å². The normalized spacial score (nSPS) is 14.3. The Morgan fingerprint density at radius 1 is 0.667 bits per heavy atom. The van der Waals surface area contributed by atoms with Crippen LogP contribution < -0.4 is 16.0 Å². The van der Waals surface area contributed by atoms with Crippen molar-refractivity contribution < 1.29 is 34.2 Å². The number of likely N-dealkylation sites (N-methyl/N-ethyl adjacent to an activating group) is 1. The summed E-state index contributed by atoms with van der Waals surface area (Å²) in [6.07, 6.45) is 13.3. The second-order valence-electron chi connectivity index (χ2n) is 12.2. The summed E-state index contributed by atoms with van der Waals surface area (Å²) in [5.74, 6) is -0.710. The van der Waals surface area contributed by atoms with E-state index in [1.165, 1.54) is 6.42 Å². The largest absolute Gasteiger partial charge is 0.481 e. The maximum Gasteiger partial charge on any atom is 0.317 e. The number of hydrogen-bond acceptors (Lipinski definition) is 7. The fourth-order valence-electron chi connectivity index (χ4n) is 4.30. The summed E-state index contributed by atoms with van der Waals surface area (Å²) in [5.41, 5.74) is 0. The van der Waals surface area contributed by atoms with Crippen LogP contribution >= 0.6 is 0 Å². The molecule has 1 rings (SSSR count). The van der Waals surface area contributed by atoms with Crippen molar-refractivity contribution in [2.45, 2.75) is 140 Å². The monoisotopic (exact) mass is 732 g/mol. The number of carbonyl (C=O) groups excluding carboxylic acids is 3. The topological polar surface area (TPSA) is 168 Å². The summed E-state index contributed by atoms with van der Waals surface area (Å²) < 4.78 is 0. The second-order valence-corrected chi connectivity index (χ2v) is 12.2. The number of aliphatic carboxylic acids is 2. The number of carboxylic acid groups (broad SMARTS) is 2. The van der Waals surface area contributed by atoms with Crippen molar-refractivity contribution in [2.75, 3.05) is 59.4 Å². The van der Waals surface area contributed by atoms with Crippen molar-refractivity contribution in [3.05, 3.63) is 12.2 Å². The average molecular weight is 732 g/mol. The van der Waals surface area contributed by atoms with E-state index < -0.39 is 11.9 Å². The molecule has 0 spiro atoms. The molecule has 0 atom stereocenters. The van der Waals surface area contributed by atoms with Gasteiger partial charge in [0.25, 0.3) is 0 Å². The quantitative estimate of drug-likeness (QED) is 0.0977. The van der Waals surface area contributed by atoms with Gasteiger partial charge in [-0.15, -0.1) is 0 Å². The van der Waals surface area contributed by atoms with Crippen molar-refractivity contribution in [2.24, 2.45) is 11.8 Å². The van der Waals surface area contributed by atoms with Gasteiger partial charge in [-0.1, -0.05) is 80.9 Å². The van der Waals surface area contributed by atoms with Crippen LogP contribution in [-0.2, 0) is 24.0 Å². The minimum absolute atomic E-state index is 0.00581. The molecule has 0 aromatic carbocycles. The van der Waals surface area contributed by atoms with Crippen LogP contribution in [0.25, 0.3) is 0 Å². The van der Waals surface area contributed by atoms with Crippen molar-refractivity contribution in [3.63, 3.8) is 0 Å². The molecule has 0 aromatic heterocycles. The summed E-state index contributed by atoms with van der Waals surface area (Å²) in [6, 6.07) is 0. The number of carbonyl (C=O) groups is 5. The van der Waals surface area contributed by atoms with E-state index in [0.29, 0.717) is 32.6 Å². The molecule has 0 radical (unpaired) electrons. The molecular formula is C39H81N5O7. The average Bonchev–Trinajstić information content (AvgIpc) is 3.10. The zero-order valence-electron chi connectivity index (χ0n) is 34.9. The lowest BCUT2D eigenvalue weighted by atomic mass is 9.82. The van der Waals surface area contributed by atoms with E-state index in [9.17, 15) is 24.0 Å². The van der Waals surface area contributed by atoms with E-state index >= 15 is 0 Å². The standard InChI is InChI=1S/C13H27N3O3.C13H24N2O2.C4H8O2.C4H8.C3H8.C2H6/c1-4-6-15(10-12(17)14-3)8-9-16(7-5-2)11-13(18)19;1-3-8-14-12(16)9-15-13(17)11-6-4-10(2)5-7-11;1-2-3-4(5)6;1-3-4-2;1-3-2;1-2/h4-11H2,1-3H3,(H,14,17)(H,18,19);10-11H,3-9H2,1-2H3,(H,14,16)(H,15,17);2-3H2,1H3,(H,5,6);3-4H,1-2H3;3H2,1-2H3;1-2H3/b;;;4-3-;;. The van der Waals surface area contributed by atoms with Crippen LogP contribution in [0.15, 0.2) is 12.2 Å². The molecule has 12 heteroatoms. The van der Waals surface area contributed by atoms with Gasteiger partial charge in [-0.05, 0) is 84.2 Å².